The zero-order valence-corrected chi connectivity index (χ0v) is 29.4. The van der Waals surface area contributed by atoms with Crippen molar-refractivity contribution in [2.75, 3.05) is 33.9 Å². The minimum absolute atomic E-state index is 0.0230. The van der Waals surface area contributed by atoms with E-state index in [9.17, 15) is 34.5 Å². The molecule has 4 heterocycles. The average molecular weight is 731 g/mol. The summed E-state index contributed by atoms with van der Waals surface area (Å²) < 4.78 is 9.15. The van der Waals surface area contributed by atoms with E-state index in [1.54, 1.807) is 19.3 Å². The lowest BCUT2D eigenvalue weighted by atomic mass is 10.0. The number of alkyl carbamates (subject to hydrolysis) is 2. The van der Waals surface area contributed by atoms with Gasteiger partial charge in [-0.05, 0) is 29.2 Å². The van der Waals surface area contributed by atoms with Crippen LogP contribution >= 0.6 is 0 Å². The van der Waals surface area contributed by atoms with Gasteiger partial charge in [-0.25, -0.2) is 19.6 Å². The lowest BCUT2D eigenvalue weighted by Gasteiger charge is -2.27. The number of β-amino-alcohol motifs (C(OH)–C–C–N with tert-alkyl or cyclic N) is 2. The number of nitrogens with one attached hydrogen (secondary N) is 4. The third kappa shape index (κ3) is 8.01. The van der Waals surface area contributed by atoms with Gasteiger partial charge >= 0.3 is 12.2 Å². The number of hydrogen-bond donors (Lipinski definition) is 7. The number of methoxy groups -OCH3 is 2. The van der Waals surface area contributed by atoms with E-state index in [0.717, 1.165) is 35.1 Å². The van der Waals surface area contributed by atoms with Crippen LogP contribution in [0.1, 0.15) is 43.5 Å². The van der Waals surface area contributed by atoms with Crippen LogP contribution in [0.2, 0.25) is 0 Å². The van der Waals surface area contributed by atoms with Crippen LogP contribution in [0.25, 0.3) is 33.6 Å². The predicted octanol–water partition coefficient (Wildman–Crippen LogP) is 1.86. The second-order valence-electron chi connectivity index (χ2n) is 13.0. The first-order valence-electron chi connectivity index (χ1n) is 17.1. The first-order valence-corrected chi connectivity index (χ1v) is 17.1. The number of nitrogens with zero attached hydrogens (tertiary/aromatic N) is 4. The molecule has 2 saturated heterocycles. The number of aliphatic hydroxyl groups is 3. The number of likely N-dealkylation sites (tertiary alicyclic amines) is 2. The highest BCUT2D eigenvalue weighted by Gasteiger charge is 2.41. The van der Waals surface area contributed by atoms with Crippen LogP contribution in [0.3, 0.4) is 0 Å². The molecule has 2 aromatic heterocycles. The highest BCUT2D eigenvalue weighted by molar-refractivity contribution is 5.87. The number of hydrogen-bond acceptors (Lipinski definition) is 11. The number of ether oxygens (including phenoxy) is 2. The number of carbonyl (C=O) groups excluding carboxylic acids is 4. The van der Waals surface area contributed by atoms with Gasteiger partial charge in [-0.2, -0.15) is 0 Å². The lowest BCUT2D eigenvalue weighted by molar-refractivity contribution is -0.136. The Morgan fingerprint density at radius 1 is 0.736 bits per heavy atom. The SMILES string of the molecule is COC(=O)N[C@@H](C)C(=O)N1CC(O)CC1c1ncc(-c2ccc(-c3ccc(-c4cnc(C5CC(O)CN5C(=O)[C@H](CO)NC(=O)OC)[nH]4)cc3)cc2)[nH]1. The van der Waals surface area contributed by atoms with Gasteiger partial charge in [-0.3, -0.25) is 9.59 Å². The van der Waals surface area contributed by atoms with Gasteiger partial charge in [0.1, 0.15) is 23.7 Å². The van der Waals surface area contributed by atoms with E-state index in [1.807, 2.05) is 48.5 Å². The van der Waals surface area contributed by atoms with Crippen LogP contribution in [0.4, 0.5) is 9.59 Å². The highest BCUT2D eigenvalue weighted by Crippen LogP contribution is 2.35. The summed E-state index contributed by atoms with van der Waals surface area (Å²) in [5.41, 5.74) is 5.13. The Kier molecular flexibility index (Phi) is 11.1. The number of H-pyrrole nitrogens is 2. The molecular formula is C36H42N8O9. The summed E-state index contributed by atoms with van der Waals surface area (Å²) in [6, 6.07) is 12.6. The molecular weight excluding hydrogens is 688 g/mol. The number of benzene rings is 2. The second kappa shape index (κ2) is 15.9. The molecule has 2 aliphatic heterocycles. The second-order valence-corrected chi connectivity index (χ2v) is 13.0. The maximum Gasteiger partial charge on any atom is 0.407 e. The van der Waals surface area contributed by atoms with E-state index >= 15 is 0 Å². The molecule has 17 nitrogen and oxygen atoms in total. The molecule has 0 radical (unpaired) electrons. The van der Waals surface area contributed by atoms with Gasteiger partial charge in [-0.1, -0.05) is 48.5 Å². The maximum atomic E-state index is 13.2. The molecule has 280 valence electrons. The minimum atomic E-state index is -1.23. The summed E-state index contributed by atoms with van der Waals surface area (Å²) in [5.74, 6) is 0.0859. The Labute approximate surface area is 304 Å². The molecule has 0 saturated carbocycles. The molecule has 6 atom stereocenters. The fourth-order valence-corrected chi connectivity index (χ4v) is 6.76. The first-order chi connectivity index (χ1) is 25.5. The molecule has 17 heteroatoms. The van der Waals surface area contributed by atoms with Crippen molar-refractivity contribution in [1.82, 2.24) is 40.4 Å². The van der Waals surface area contributed by atoms with Crippen molar-refractivity contribution in [3.8, 4) is 33.6 Å². The van der Waals surface area contributed by atoms with Crippen molar-refractivity contribution in [2.24, 2.45) is 0 Å². The van der Waals surface area contributed by atoms with Gasteiger partial charge in [0, 0.05) is 25.9 Å². The molecule has 6 rings (SSSR count). The van der Waals surface area contributed by atoms with E-state index in [-0.39, 0.29) is 25.4 Å². The number of aliphatic hydroxyl groups excluding tert-OH is 3. The van der Waals surface area contributed by atoms with E-state index in [4.69, 9.17) is 0 Å². The zero-order chi connectivity index (χ0) is 37.8. The molecule has 53 heavy (non-hydrogen) atoms. The van der Waals surface area contributed by atoms with E-state index in [2.05, 4.69) is 40.0 Å². The molecule has 4 unspecified atom stereocenters. The molecule has 2 aromatic carbocycles. The number of imidazole rings is 2. The molecule has 2 fully saturated rings. The molecule has 0 bridgehead atoms. The Morgan fingerprint density at radius 2 is 1.15 bits per heavy atom. The van der Waals surface area contributed by atoms with Crippen molar-refractivity contribution in [3.63, 3.8) is 0 Å². The topological polar surface area (TPSA) is 235 Å². The fraction of sp³-hybridized carbons (Fsp3) is 0.389. The molecule has 0 spiro atoms. The minimum Gasteiger partial charge on any atom is -0.453 e. The van der Waals surface area contributed by atoms with Crippen LogP contribution in [-0.4, -0.2) is 127 Å². The molecule has 4 aromatic rings. The molecule has 4 amide bonds. The number of aromatic nitrogens is 4. The summed E-state index contributed by atoms with van der Waals surface area (Å²) in [4.78, 5) is 68.0. The van der Waals surface area contributed by atoms with Crippen molar-refractivity contribution < 1.29 is 44.0 Å². The monoisotopic (exact) mass is 730 g/mol. The number of carbonyl (C=O) groups is 4. The smallest absolute Gasteiger partial charge is 0.407 e. The van der Waals surface area contributed by atoms with E-state index < -0.39 is 61.1 Å². The van der Waals surface area contributed by atoms with Crippen LogP contribution in [-0.2, 0) is 19.1 Å². The third-order valence-corrected chi connectivity index (χ3v) is 9.52. The summed E-state index contributed by atoms with van der Waals surface area (Å²) >= 11 is 0. The average Bonchev–Trinajstić information content (AvgIpc) is 4.00. The number of aromatic amines is 2. The van der Waals surface area contributed by atoms with Crippen molar-refractivity contribution in [3.05, 3.63) is 72.6 Å². The van der Waals surface area contributed by atoms with Crippen molar-refractivity contribution in [1.29, 1.82) is 0 Å². The quantitative estimate of drug-likeness (QED) is 0.124. The summed E-state index contributed by atoms with van der Waals surface area (Å²) in [6.07, 6.45) is 0.788. The summed E-state index contributed by atoms with van der Waals surface area (Å²) in [5, 5.41) is 35.3. The van der Waals surface area contributed by atoms with Crippen LogP contribution in [0.5, 0.6) is 0 Å². The van der Waals surface area contributed by atoms with Gasteiger partial charge in [0.15, 0.2) is 0 Å². The normalized spacial score (nSPS) is 20.9. The molecule has 7 N–H and O–H groups in total. The Bertz CT molecular complexity index is 1930. The highest BCUT2D eigenvalue weighted by atomic mass is 16.5. The number of amides is 4. The standard InChI is InChI=1S/C36H42N8O9/c1-19(39-35(50)52-2)33(48)43-16-24(46)12-29(43)31-37-14-26(40-31)22-8-4-20(5-9-22)21-6-10-23(11-7-21)27-15-38-32(41-27)30-13-25(47)17-44(30)34(49)28(18-45)42-36(51)53-3/h4-11,14-15,19,24-25,28-30,45-47H,12-13,16-18H2,1-3H3,(H,37,40)(H,38,41)(H,39,50)(H,42,51)/t19-,24?,25?,28-,29?,30?/m0/s1. The van der Waals surface area contributed by atoms with Gasteiger partial charge in [0.05, 0.1) is 68.9 Å². The van der Waals surface area contributed by atoms with Gasteiger partial charge < -0.3 is 55.2 Å². The fourth-order valence-electron chi connectivity index (χ4n) is 6.76. The first kappa shape index (κ1) is 37.0. The molecule has 0 aliphatic carbocycles. The van der Waals surface area contributed by atoms with E-state index in [0.29, 0.717) is 23.8 Å². The van der Waals surface area contributed by atoms with Crippen molar-refractivity contribution in [2.45, 2.75) is 56.1 Å². The third-order valence-electron chi connectivity index (χ3n) is 9.52. The maximum absolute atomic E-state index is 13.2. The van der Waals surface area contributed by atoms with Gasteiger partial charge in [0.2, 0.25) is 11.8 Å². The Morgan fingerprint density at radius 3 is 1.58 bits per heavy atom. The summed E-state index contributed by atoms with van der Waals surface area (Å²) in [7, 11) is 2.38. The van der Waals surface area contributed by atoms with E-state index in [1.165, 1.54) is 16.9 Å². The van der Waals surface area contributed by atoms with Crippen LogP contribution in [0.15, 0.2) is 60.9 Å². The van der Waals surface area contributed by atoms with Gasteiger partial charge in [0.25, 0.3) is 0 Å². The zero-order valence-electron chi connectivity index (χ0n) is 29.4. The van der Waals surface area contributed by atoms with Crippen LogP contribution in [0, 0.1) is 0 Å². The van der Waals surface area contributed by atoms with Gasteiger partial charge in [-0.15, -0.1) is 0 Å². The lowest BCUT2D eigenvalue weighted by Crippen LogP contribution is -2.50. The largest absolute Gasteiger partial charge is 0.453 e. The van der Waals surface area contributed by atoms with Crippen LogP contribution < -0.4 is 10.6 Å². The Balaban J connectivity index is 1.11. The molecule has 2 aliphatic rings. The number of rotatable bonds is 10. The predicted molar refractivity (Wildman–Crippen MR) is 189 cm³/mol. The Hall–Kier alpha value is -5.78. The summed E-state index contributed by atoms with van der Waals surface area (Å²) in [6.45, 7) is 1.07. The van der Waals surface area contributed by atoms with Crippen molar-refractivity contribution >= 4 is 24.0 Å².